The molecule has 0 radical (unpaired) electrons. The summed E-state index contributed by atoms with van der Waals surface area (Å²) in [5.41, 5.74) is 3.92. The zero-order valence-electron chi connectivity index (χ0n) is 70.4. The quantitative estimate of drug-likeness (QED) is 0.0133. The molecule has 1 fully saturated rings. The SMILES string of the molecule is CCCCCCCCCCC[C@H](CC(=O)NCCO[C@@H]1OC(CO)[C@@H](OCP(=O)(O)O)C(NC(=O)C[C@@H](CCCCCCCCCCC)OC(=O)CCCCCCCc2ccccc2)C1NC(=O)C[C@@H](CCCCCCCCCCC)OC(=O)CCCCCCCc1ccccc1)OC(=O)CCCCCCCc1ccccc1. The topological polar surface area (TPSA) is 272 Å². The molecule has 0 saturated carbocycles. The second-order valence-electron chi connectivity index (χ2n) is 32.1. The highest BCUT2D eigenvalue weighted by Crippen LogP contribution is 2.37. The van der Waals surface area contributed by atoms with Crippen LogP contribution in [0.15, 0.2) is 91.0 Å². The minimum Gasteiger partial charge on any atom is -0.462 e. The van der Waals surface area contributed by atoms with Gasteiger partial charge in [-0.05, 0) is 113 Å². The average molecular weight is 1600 g/mol. The predicted octanol–water partition coefficient (Wildman–Crippen LogP) is 20.7. The van der Waals surface area contributed by atoms with Gasteiger partial charge in [-0.2, -0.15) is 0 Å². The summed E-state index contributed by atoms with van der Waals surface area (Å²) in [5.74, 6) is -2.77. The molecule has 3 unspecified atom stereocenters. The van der Waals surface area contributed by atoms with Gasteiger partial charge in [0.2, 0.25) is 17.7 Å². The van der Waals surface area contributed by atoms with Gasteiger partial charge in [0.25, 0.3) is 0 Å². The number of rotatable bonds is 73. The van der Waals surface area contributed by atoms with E-state index in [0.717, 1.165) is 173 Å². The number of nitrogens with one attached hydrogen (secondary N) is 3. The zero-order valence-corrected chi connectivity index (χ0v) is 71.3. The van der Waals surface area contributed by atoms with Crippen molar-refractivity contribution in [1.82, 2.24) is 16.0 Å². The predicted molar refractivity (Wildman–Crippen MR) is 453 cm³/mol. The molecule has 642 valence electrons. The van der Waals surface area contributed by atoms with Gasteiger partial charge in [-0.25, -0.2) is 0 Å². The Morgan fingerprint density at radius 1 is 0.389 bits per heavy atom. The summed E-state index contributed by atoms with van der Waals surface area (Å²) in [4.78, 5) is 106. The fourth-order valence-corrected chi connectivity index (χ4v) is 15.6. The Morgan fingerprint density at radius 3 is 1.02 bits per heavy atom. The second kappa shape index (κ2) is 66.5. The highest BCUT2D eigenvalue weighted by molar-refractivity contribution is 7.51. The first-order valence-electron chi connectivity index (χ1n) is 45.2. The third-order valence-electron chi connectivity index (χ3n) is 21.8. The summed E-state index contributed by atoms with van der Waals surface area (Å²) in [6.45, 7) is 5.53. The lowest BCUT2D eigenvalue weighted by Crippen LogP contribution is -2.70. The van der Waals surface area contributed by atoms with Gasteiger partial charge in [0, 0.05) is 25.8 Å². The minimum absolute atomic E-state index is 0.0775. The molecule has 0 spiro atoms. The van der Waals surface area contributed by atoms with Crippen LogP contribution >= 0.6 is 7.60 Å². The number of amides is 3. The number of unbranched alkanes of at least 4 members (excludes halogenated alkanes) is 36. The number of aliphatic hydroxyl groups excluding tert-OH is 1. The molecule has 4 rings (SSSR count). The van der Waals surface area contributed by atoms with Crippen molar-refractivity contribution in [2.24, 2.45) is 0 Å². The molecular formula is C93H154N3O16P. The lowest BCUT2D eigenvalue weighted by Gasteiger charge is -2.46. The van der Waals surface area contributed by atoms with Crippen molar-refractivity contribution < 1.29 is 76.6 Å². The maximum absolute atomic E-state index is 15.0. The highest BCUT2D eigenvalue weighted by Gasteiger charge is 2.49. The van der Waals surface area contributed by atoms with Crippen LogP contribution in [0.1, 0.15) is 365 Å². The van der Waals surface area contributed by atoms with E-state index >= 15 is 0 Å². The highest BCUT2D eigenvalue weighted by atomic mass is 31.2. The number of hydrogen-bond acceptors (Lipinski definition) is 14. The molecule has 20 heteroatoms. The first-order valence-corrected chi connectivity index (χ1v) is 47.0. The molecular weight excluding hydrogens is 1450 g/mol. The number of hydrogen-bond donors (Lipinski definition) is 6. The van der Waals surface area contributed by atoms with Gasteiger partial charge in [0.05, 0.1) is 38.5 Å². The molecule has 8 atom stereocenters. The molecule has 1 aliphatic rings. The van der Waals surface area contributed by atoms with Gasteiger partial charge in [0.15, 0.2) is 6.29 Å². The molecule has 3 aromatic carbocycles. The van der Waals surface area contributed by atoms with E-state index < -0.39 is 93.2 Å². The van der Waals surface area contributed by atoms with E-state index in [-0.39, 0.29) is 63.6 Å². The molecule has 3 aromatic rings. The van der Waals surface area contributed by atoms with Gasteiger partial charge in [-0.3, -0.25) is 33.3 Å². The minimum atomic E-state index is -4.92. The molecule has 6 N–H and O–H groups in total. The van der Waals surface area contributed by atoms with Crippen molar-refractivity contribution in [2.75, 3.05) is 26.1 Å². The Labute approximate surface area is 682 Å². The van der Waals surface area contributed by atoms with E-state index in [2.05, 4.69) is 85.3 Å². The van der Waals surface area contributed by atoms with Gasteiger partial charge < -0.3 is 59.3 Å². The summed E-state index contributed by atoms with van der Waals surface area (Å²) in [6.07, 6.45) is 39.2. The van der Waals surface area contributed by atoms with Crippen LogP contribution in [0.4, 0.5) is 0 Å². The number of esters is 3. The van der Waals surface area contributed by atoms with Crippen LogP contribution in [0.3, 0.4) is 0 Å². The van der Waals surface area contributed by atoms with Crippen molar-refractivity contribution in [1.29, 1.82) is 0 Å². The fraction of sp³-hybridized carbons (Fsp3) is 0.742. The molecule has 1 saturated heterocycles. The Balaban J connectivity index is 1.59. The van der Waals surface area contributed by atoms with Crippen LogP contribution in [-0.4, -0.2) is 126 Å². The summed E-state index contributed by atoms with van der Waals surface area (Å²) < 4.78 is 50.0. The molecule has 113 heavy (non-hydrogen) atoms. The van der Waals surface area contributed by atoms with Crippen LogP contribution < -0.4 is 16.0 Å². The largest absolute Gasteiger partial charge is 0.462 e. The third kappa shape index (κ3) is 52.7. The third-order valence-corrected chi connectivity index (χ3v) is 22.3. The molecule has 19 nitrogen and oxygen atoms in total. The second-order valence-corrected chi connectivity index (χ2v) is 33.7. The van der Waals surface area contributed by atoms with Crippen molar-refractivity contribution in [3.8, 4) is 0 Å². The first-order chi connectivity index (χ1) is 55.1. The molecule has 3 amide bonds. The Morgan fingerprint density at radius 2 is 0.690 bits per heavy atom. The number of benzene rings is 3. The van der Waals surface area contributed by atoms with E-state index in [1.807, 2.05) is 42.5 Å². The monoisotopic (exact) mass is 1600 g/mol. The van der Waals surface area contributed by atoms with Crippen molar-refractivity contribution in [3.05, 3.63) is 108 Å². The van der Waals surface area contributed by atoms with Crippen LogP contribution in [0, 0.1) is 0 Å². The summed E-state index contributed by atoms with van der Waals surface area (Å²) in [6, 6.07) is 28.4. The number of aryl methyl sites for hydroxylation is 3. The lowest BCUT2D eigenvalue weighted by molar-refractivity contribution is -0.254. The van der Waals surface area contributed by atoms with E-state index in [1.165, 1.54) is 100 Å². The Kier molecular flexibility index (Phi) is 58.7. The Bertz CT molecular complexity index is 2910. The standard InChI is InChI=1S/C93H154N3O16P/c1-4-7-10-13-16-19-22-31-49-64-80(109-87(101)67-52-34-25-28-40-55-77-58-43-37-44-59-77)72-84(98)94-70-71-107-93-91(96-86(100)74-82(66-51-33-24-21-18-15-12-9-6-3)111-89(103)69-54-36-27-30-42-57-79-62-47-39-48-63-79)90(92(83(75-97)112-93)108-76-113(104,105)106)95-85(99)73-81(65-50-32-23-20-17-14-11-8-5-2)110-88(102)68-53-35-26-29-41-56-78-60-45-38-46-61-78/h37-39,43-48,58-63,80-83,90-93,97H,4-36,40-42,49-57,64-76H2,1-3H3,(H,94,98)(H,95,99)(H,96,100)(H2,104,105,106)/t80-,81-,82-,83?,90?,91?,92-,93-/m1/s1. The zero-order chi connectivity index (χ0) is 81.3. The van der Waals surface area contributed by atoms with E-state index in [0.29, 0.717) is 51.4 Å². The molecule has 0 aromatic heterocycles. The number of ether oxygens (including phenoxy) is 6. The number of carbonyl (C=O) groups excluding carboxylic acids is 6. The van der Waals surface area contributed by atoms with E-state index in [1.54, 1.807) is 0 Å². The number of carbonyl (C=O) groups is 6. The van der Waals surface area contributed by atoms with Crippen molar-refractivity contribution >= 4 is 43.2 Å². The van der Waals surface area contributed by atoms with Crippen molar-refractivity contribution in [2.45, 2.75) is 416 Å². The van der Waals surface area contributed by atoms with Crippen LogP contribution in [0.5, 0.6) is 0 Å². The van der Waals surface area contributed by atoms with Crippen LogP contribution in [-0.2, 0) is 81.0 Å². The molecule has 0 aliphatic carbocycles. The maximum Gasteiger partial charge on any atom is 0.350 e. The molecule has 1 aliphatic heterocycles. The van der Waals surface area contributed by atoms with Gasteiger partial charge in [-0.15, -0.1) is 0 Å². The molecule has 1 heterocycles. The normalized spacial score (nSPS) is 16.4. The van der Waals surface area contributed by atoms with Gasteiger partial charge in [-0.1, -0.05) is 324 Å². The summed E-state index contributed by atoms with van der Waals surface area (Å²) in [5, 5.41) is 20.1. The van der Waals surface area contributed by atoms with E-state index in [9.17, 15) is 48.2 Å². The average Bonchev–Trinajstić information content (AvgIpc) is 0.784. The van der Waals surface area contributed by atoms with Crippen molar-refractivity contribution in [3.63, 3.8) is 0 Å². The fourth-order valence-electron chi connectivity index (χ4n) is 15.2. The smallest absolute Gasteiger partial charge is 0.350 e. The van der Waals surface area contributed by atoms with Gasteiger partial charge >= 0.3 is 25.5 Å². The van der Waals surface area contributed by atoms with E-state index in [4.69, 9.17) is 28.4 Å². The lowest BCUT2D eigenvalue weighted by atomic mass is 9.92. The maximum atomic E-state index is 15.0. The molecule has 0 bridgehead atoms. The number of aliphatic hydroxyl groups is 1. The first kappa shape index (κ1) is 99.8. The Hall–Kier alpha value is -5.53. The van der Waals surface area contributed by atoms with Gasteiger partial charge in [0.1, 0.15) is 42.9 Å². The summed E-state index contributed by atoms with van der Waals surface area (Å²) >= 11 is 0. The van der Waals surface area contributed by atoms with Crippen LogP contribution in [0.25, 0.3) is 0 Å². The van der Waals surface area contributed by atoms with Crippen LogP contribution in [0.2, 0.25) is 0 Å². The summed E-state index contributed by atoms with van der Waals surface area (Å²) in [7, 11) is -4.92.